The Hall–Kier alpha value is -1.68. The summed E-state index contributed by atoms with van der Waals surface area (Å²) in [6, 6.07) is 3.61. The van der Waals surface area contributed by atoms with Crippen LogP contribution < -0.4 is 11.1 Å². The third-order valence-electron chi connectivity index (χ3n) is 2.49. The van der Waals surface area contributed by atoms with Crippen molar-refractivity contribution in [1.82, 2.24) is 10.3 Å². The molecule has 2 rings (SSSR count). The van der Waals surface area contributed by atoms with Gasteiger partial charge in [0.25, 0.3) is 5.91 Å². The topological polar surface area (TPSA) is 68.0 Å². The van der Waals surface area contributed by atoms with Crippen LogP contribution >= 0.6 is 27.3 Å². The Labute approximate surface area is 129 Å². The van der Waals surface area contributed by atoms with E-state index < -0.39 is 0 Å². The zero-order valence-electron chi connectivity index (χ0n) is 10.5. The maximum atomic E-state index is 12.2. The second kappa shape index (κ2) is 7.20. The molecule has 0 aromatic carbocycles. The number of nitrogens with one attached hydrogen (secondary N) is 1. The number of rotatable bonds is 3. The molecule has 20 heavy (non-hydrogen) atoms. The van der Waals surface area contributed by atoms with E-state index in [1.165, 1.54) is 0 Å². The summed E-state index contributed by atoms with van der Waals surface area (Å²) in [6.07, 6.45) is 3.14. The molecule has 1 amide bonds. The molecule has 0 fully saturated rings. The van der Waals surface area contributed by atoms with Gasteiger partial charge >= 0.3 is 0 Å². The number of nitrogens with two attached hydrogens (primary N) is 1. The summed E-state index contributed by atoms with van der Waals surface area (Å²) in [6.45, 7) is 0.723. The van der Waals surface area contributed by atoms with Crippen LogP contribution in [0.1, 0.15) is 20.8 Å². The van der Waals surface area contributed by atoms with Crippen LogP contribution in [0.2, 0.25) is 0 Å². The number of thiophene rings is 1. The molecule has 102 valence electrons. The summed E-state index contributed by atoms with van der Waals surface area (Å²) in [4.78, 5) is 17.2. The monoisotopic (exact) mass is 349 g/mol. The average molecular weight is 350 g/mol. The first-order valence-electron chi connectivity index (χ1n) is 5.85. The summed E-state index contributed by atoms with van der Waals surface area (Å²) in [5.74, 6) is 5.41. The minimum absolute atomic E-state index is 0.172. The van der Waals surface area contributed by atoms with Crippen LogP contribution in [0.15, 0.2) is 34.4 Å². The van der Waals surface area contributed by atoms with Crippen molar-refractivity contribution in [2.75, 3.05) is 6.54 Å². The van der Waals surface area contributed by atoms with Gasteiger partial charge in [0.05, 0.1) is 24.2 Å². The number of hydrogen-bond acceptors (Lipinski definition) is 4. The Balaban J connectivity index is 2.11. The molecule has 6 heteroatoms. The molecule has 0 aliphatic rings. The lowest BCUT2D eigenvalue weighted by atomic mass is 10.1. The molecule has 0 aliphatic carbocycles. The largest absolute Gasteiger partial charge is 0.347 e. The smallest absolute Gasteiger partial charge is 0.252 e. The summed E-state index contributed by atoms with van der Waals surface area (Å²) < 4.78 is 1.00. The highest BCUT2D eigenvalue weighted by atomic mass is 79.9. The van der Waals surface area contributed by atoms with E-state index in [4.69, 9.17) is 5.73 Å². The standard InChI is InChI=1S/C14H12BrN3OS/c15-12-4-7-20-13(12)9-18-14(19)11-3-6-17-8-10(11)2-1-5-16/h3-4,6-8H,5,9,16H2,(H,18,19). The minimum atomic E-state index is -0.172. The third-order valence-corrected chi connectivity index (χ3v) is 4.42. The highest BCUT2D eigenvalue weighted by molar-refractivity contribution is 9.10. The number of hydrogen-bond donors (Lipinski definition) is 2. The summed E-state index contributed by atoms with van der Waals surface area (Å²) in [5.41, 5.74) is 6.44. The number of aromatic nitrogens is 1. The zero-order valence-corrected chi connectivity index (χ0v) is 12.9. The third kappa shape index (κ3) is 3.67. The van der Waals surface area contributed by atoms with E-state index in [0.717, 1.165) is 9.35 Å². The Kier molecular flexibility index (Phi) is 5.30. The molecule has 0 bridgehead atoms. The van der Waals surface area contributed by atoms with Crippen LogP contribution in [0.3, 0.4) is 0 Å². The van der Waals surface area contributed by atoms with E-state index in [0.29, 0.717) is 17.7 Å². The summed E-state index contributed by atoms with van der Waals surface area (Å²) >= 11 is 5.02. The molecule has 4 nitrogen and oxygen atoms in total. The predicted molar refractivity (Wildman–Crippen MR) is 83.4 cm³/mol. The van der Waals surface area contributed by atoms with Crippen molar-refractivity contribution in [3.8, 4) is 11.8 Å². The summed E-state index contributed by atoms with van der Waals surface area (Å²) in [5, 5.41) is 4.84. The molecule has 2 aromatic heterocycles. The highest BCUT2D eigenvalue weighted by Crippen LogP contribution is 2.22. The van der Waals surface area contributed by atoms with Crippen LogP contribution in [0.25, 0.3) is 0 Å². The zero-order chi connectivity index (χ0) is 14.4. The van der Waals surface area contributed by atoms with Crippen molar-refractivity contribution in [3.63, 3.8) is 0 Å². The maximum Gasteiger partial charge on any atom is 0.252 e. The van der Waals surface area contributed by atoms with Crippen molar-refractivity contribution >= 4 is 33.2 Å². The van der Waals surface area contributed by atoms with E-state index in [2.05, 4.69) is 38.1 Å². The molecule has 0 atom stereocenters. The molecule has 2 aromatic rings. The number of amides is 1. The SMILES string of the molecule is NCC#Cc1cnccc1C(=O)NCc1sccc1Br. The lowest BCUT2D eigenvalue weighted by Gasteiger charge is -2.06. The molecule has 0 saturated heterocycles. The Morgan fingerprint density at radius 2 is 2.35 bits per heavy atom. The highest BCUT2D eigenvalue weighted by Gasteiger charge is 2.10. The Bertz CT molecular complexity index is 672. The Morgan fingerprint density at radius 1 is 1.50 bits per heavy atom. The van der Waals surface area contributed by atoms with Crippen LogP contribution in [-0.2, 0) is 6.54 Å². The van der Waals surface area contributed by atoms with Gasteiger partial charge in [0.15, 0.2) is 0 Å². The van der Waals surface area contributed by atoms with Gasteiger partial charge in [-0.05, 0) is 33.4 Å². The number of halogens is 1. The van der Waals surface area contributed by atoms with Crippen LogP contribution in [0.5, 0.6) is 0 Å². The van der Waals surface area contributed by atoms with Crippen molar-refractivity contribution in [2.45, 2.75) is 6.54 Å². The van der Waals surface area contributed by atoms with Gasteiger partial charge in [0.1, 0.15) is 0 Å². The first kappa shape index (κ1) is 14.7. The molecule has 3 N–H and O–H groups in total. The molecular weight excluding hydrogens is 338 g/mol. The number of carbonyl (C=O) groups is 1. The van der Waals surface area contributed by atoms with E-state index in [-0.39, 0.29) is 12.5 Å². The number of carbonyl (C=O) groups excluding carboxylic acids is 1. The lowest BCUT2D eigenvalue weighted by molar-refractivity contribution is 0.0951. The van der Waals surface area contributed by atoms with E-state index in [1.807, 2.05) is 11.4 Å². The van der Waals surface area contributed by atoms with Gasteiger partial charge in [0.2, 0.25) is 0 Å². The Morgan fingerprint density at radius 3 is 3.05 bits per heavy atom. The normalized spacial score (nSPS) is 9.70. The van der Waals surface area contributed by atoms with Gasteiger partial charge in [-0.25, -0.2) is 0 Å². The first-order chi connectivity index (χ1) is 9.72. The first-order valence-corrected chi connectivity index (χ1v) is 7.52. The van der Waals surface area contributed by atoms with Crippen molar-refractivity contribution < 1.29 is 4.79 Å². The number of pyridine rings is 1. The molecule has 0 saturated carbocycles. The van der Waals surface area contributed by atoms with Gasteiger partial charge in [0, 0.05) is 21.7 Å². The van der Waals surface area contributed by atoms with Crippen molar-refractivity contribution in [3.05, 3.63) is 50.4 Å². The van der Waals surface area contributed by atoms with Gasteiger partial charge in [-0.3, -0.25) is 9.78 Å². The fourth-order valence-electron chi connectivity index (χ4n) is 1.55. The average Bonchev–Trinajstić information content (AvgIpc) is 2.88. The second-order valence-electron chi connectivity index (χ2n) is 3.80. The van der Waals surface area contributed by atoms with Gasteiger partial charge in [-0.15, -0.1) is 11.3 Å². The molecule has 0 radical (unpaired) electrons. The van der Waals surface area contributed by atoms with Crippen LogP contribution in [0, 0.1) is 11.8 Å². The van der Waals surface area contributed by atoms with Gasteiger partial charge in [-0.2, -0.15) is 0 Å². The molecule has 0 unspecified atom stereocenters. The van der Waals surface area contributed by atoms with Gasteiger partial charge in [-0.1, -0.05) is 11.8 Å². The fourth-order valence-corrected chi connectivity index (χ4v) is 2.98. The van der Waals surface area contributed by atoms with Crippen LogP contribution in [0.4, 0.5) is 0 Å². The van der Waals surface area contributed by atoms with E-state index >= 15 is 0 Å². The number of nitrogens with zero attached hydrogens (tertiary/aromatic N) is 1. The molecule has 0 spiro atoms. The van der Waals surface area contributed by atoms with E-state index in [9.17, 15) is 4.79 Å². The molecule has 0 aliphatic heterocycles. The molecule has 2 heterocycles. The lowest BCUT2D eigenvalue weighted by Crippen LogP contribution is -2.23. The van der Waals surface area contributed by atoms with Crippen molar-refractivity contribution in [1.29, 1.82) is 0 Å². The molecular formula is C14H12BrN3OS. The fraction of sp³-hybridized carbons (Fsp3) is 0.143. The maximum absolute atomic E-state index is 12.2. The second-order valence-corrected chi connectivity index (χ2v) is 5.66. The van der Waals surface area contributed by atoms with E-state index in [1.54, 1.807) is 29.8 Å². The van der Waals surface area contributed by atoms with Gasteiger partial charge < -0.3 is 11.1 Å². The predicted octanol–water partition coefficient (Wildman–Crippen LogP) is 2.15. The van der Waals surface area contributed by atoms with Crippen molar-refractivity contribution in [2.24, 2.45) is 5.73 Å². The quantitative estimate of drug-likeness (QED) is 0.834. The summed E-state index contributed by atoms with van der Waals surface area (Å²) in [7, 11) is 0. The minimum Gasteiger partial charge on any atom is -0.347 e. The van der Waals surface area contributed by atoms with Crippen LogP contribution in [-0.4, -0.2) is 17.4 Å².